The first-order valence-corrected chi connectivity index (χ1v) is 13.7. The lowest BCUT2D eigenvalue weighted by atomic mass is 9.85. The maximum absolute atomic E-state index is 13.8. The standard InChI is InChI=1S/C29H29ClN6O4/c1-17-22(11-19(30)13-31-17)28(38)33-20-9-7-18(8-10-20)15-35-23-5-3-4-6-24(23)36(29(35)39)21-12-25-27(32-14-21)34(2)26(37)16-40-25/h3-6,11-14,18,20H,7-10,15-16H2,1-2H3,(H,33,38). The average Bonchev–Trinajstić information content (AvgIpc) is 3.23. The third-order valence-corrected chi connectivity index (χ3v) is 8.08. The summed E-state index contributed by atoms with van der Waals surface area (Å²) in [7, 11) is 1.66. The van der Waals surface area contributed by atoms with Gasteiger partial charge in [0.25, 0.3) is 11.8 Å². The van der Waals surface area contributed by atoms with E-state index in [4.69, 9.17) is 16.3 Å². The van der Waals surface area contributed by atoms with Gasteiger partial charge in [-0.3, -0.25) is 28.6 Å². The lowest BCUT2D eigenvalue weighted by Crippen LogP contribution is -2.39. The number of aryl methyl sites for hydroxylation is 1. The van der Waals surface area contributed by atoms with E-state index in [1.165, 1.54) is 11.1 Å². The molecule has 4 aromatic rings. The monoisotopic (exact) mass is 560 g/mol. The number of likely N-dealkylation sites (N-methyl/N-ethyl adjacent to an activating group) is 1. The predicted octanol–water partition coefficient (Wildman–Crippen LogP) is 3.89. The number of nitrogens with one attached hydrogen (secondary N) is 1. The zero-order chi connectivity index (χ0) is 28.0. The summed E-state index contributed by atoms with van der Waals surface area (Å²) in [4.78, 5) is 48.7. The number of halogens is 1. The van der Waals surface area contributed by atoms with Gasteiger partial charge in [-0.05, 0) is 56.7 Å². The van der Waals surface area contributed by atoms with Crippen LogP contribution in [0.3, 0.4) is 0 Å². The number of hydrogen-bond acceptors (Lipinski definition) is 6. The van der Waals surface area contributed by atoms with Crippen molar-refractivity contribution >= 4 is 40.3 Å². The van der Waals surface area contributed by atoms with E-state index in [2.05, 4.69) is 15.3 Å². The number of pyridine rings is 2. The molecule has 0 saturated heterocycles. The highest BCUT2D eigenvalue weighted by Gasteiger charge is 2.27. The zero-order valence-corrected chi connectivity index (χ0v) is 23.0. The molecule has 4 heterocycles. The number of amides is 2. The molecule has 0 radical (unpaired) electrons. The van der Waals surface area contributed by atoms with Gasteiger partial charge >= 0.3 is 5.69 Å². The molecule has 2 amide bonds. The number of ether oxygens (including phenoxy) is 1. The number of fused-ring (bicyclic) bond motifs is 2. The molecule has 6 rings (SSSR count). The van der Waals surface area contributed by atoms with E-state index in [9.17, 15) is 14.4 Å². The number of benzene rings is 1. The number of aromatic nitrogens is 4. The lowest BCUT2D eigenvalue weighted by Gasteiger charge is -2.29. The number of nitrogens with zero attached hydrogens (tertiary/aromatic N) is 5. The van der Waals surface area contributed by atoms with Crippen molar-refractivity contribution in [2.24, 2.45) is 5.92 Å². The van der Waals surface area contributed by atoms with E-state index in [1.54, 1.807) is 36.9 Å². The molecular formula is C29H29ClN6O4. The number of imidazole rings is 1. The number of para-hydroxylation sites is 2. The minimum Gasteiger partial charge on any atom is -0.480 e. The highest BCUT2D eigenvalue weighted by atomic mass is 35.5. The van der Waals surface area contributed by atoms with Crippen molar-refractivity contribution < 1.29 is 14.3 Å². The van der Waals surface area contributed by atoms with Crippen LogP contribution in [0, 0.1) is 12.8 Å². The molecule has 11 heteroatoms. The quantitative estimate of drug-likeness (QED) is 0.396. The van der Waals surface area contributed by atoms with Crippen LogP contribution in [0.25, 0.3) is 16.7 Å². The summed E-state index contributed by atoms with van der Waals surface area (Å²) in [6, 6.07) is 11.2. The van der Waals surface area contributed by atoms with E-state index >= 15 is 0 Å². The second-order valence-corrected chi connectivity index (χ2v) is 10.9. The Morgan fingerprint density at radius 2 is 1.82 bits per heavy atom. The third-order valence-electron chi connectivity index (χ3n) is 7.88. The van der Waals surface area contributed by atoms with Crippen LogP contribution in [-0.4, -0.2) is 50.6 Å². The summed E-state index contributed by atoms with van der Waals surface area (Å²) in [5, 5.41) is 3.57. The van der Waals surface area contributed by atoms with Gasteiger partial charge in [-0.2, -0.15) is 0 Å². The summed E-state index contributed by atoms with van der Waals surface area (Å²) < 4.78 is 9.09. The number of carbonyl (C=O) groups is 2. The van der Waals surface area contributed by atoms with Crippen LogP contribution >= 0.6 is 11.6 Å². The number of anilines is 1. The summed E-state index contributed by atoms with van der Waals surface area (Å²) in [5.74, 6) is 0.861. The molecule has 10 nitrogen and oxygen atoms in total. The lowest BCUT2D eigenvalue weighted by molar-refractivity contribution is -0.121. The van der Waals surface area contributed by atoms with Gasteiger partial charge in [0.05, 0.1) is 39.2 Å². The van der Waals surface area contributed by atoms with Crippen LogP contribution in [-0.2, 0) is 11.3 Å². The summed E-state index contributed by atoms with van der Waals surface area (Å²) in [6.07, 6.45) is 6.57. The van der Waals surface area contributed by atoms with Crippen LogP contribution in [0.2, 0.25) is 5.02 Å². The number of hydrogen-bond donors (Lipinski definition) is 1. The summed E-state index contributed by atoms with van der Waals surface area (Å²) in [5.41, 5.74) is 3.20. The molecule has 1 aliphatic heterocycles. The topological polar surface area (TPSA) is 111 Å². The third kappa shape index (κ3) is 4.72. The highest BCUT2D eigenvalue weighted by Crippen LogP contribution is 2.32. The molecule has 3 aromatic heterocycles. The maximum Gasteiger partial charge on any atom is 0.333 e. The molecule has 1 fully saturated rings. The van der Waals surface area contributed by atoms with Crippen LogP contribution in [0.4, 0.5) is 5.82 Å². The van der Waals surface area contributed by atoms with Crippen molar-refractivity contribution in [3.05, 3.63) is 75.6 Å². The Balaban J connectivity index is 1.20. The maximum atomic E-state index is 13.8. The molecule has 0 atom stereocenters. The SMILES string of the molecule is Cc1ncc(Cl)cc1C(=O)NC1CCC(Cn2c(=O)n(-c3cnc4c(c3)OCC(=O)N4C)c3ccccc32)CC1. The average molecular weight is 561 g/mol. The first-order valence-electron chi connectivity index (χ1n) is 13.3. The number of rotatable bonds is 5. The van der Waals surface area contributed by atoms with Crippen LogP contribution < -0.4 is 20.6 Å². The molecule has 206 valence electrons. The number of carbonyl (C=O) groups excluding carboxylic acids is 2. The minimum atomic E-state index is -0.174. The Hall–Kier alpha value is -4.18. The second kappa shape index (κ2) is 10.4. The van der Waals surface area contributed by atoms with Crippen LogP contribution in [0.15, 0.2) is 53.6 Å². The van der Waals surface area contributed by atoms with Gasteiger partial charge in [0.1, 0.15) is 0 Å². The molecule has 0 bridgehead atoms. The van der Waals surface area contributed by atoms with Crippen molar-refractivity contribution in [3.8, 4) is 11.4 Å². The van der Waals surface area contributed by atoms with E-state index in [-0.39, 0.29) is 30.2 Å². The van der Waals surface area contributed by atoms with E-state index in [0.29, 0.717) is 46.0 Å². The van der Waals surface area contributed by atoms with E-state index in [1.807, 2.05) is 28.8 Å². The van der Waals surface area contributed by atoms with Crippen LogP contribution in [0.5, 0.6) is 5.75 Å². The van der Waals surface area contributed by atoms with Gasteiger partial charge in [-0.1, -0.05) is 23.7 Å². The van der Waals surface area contributed by atoms with Gasteiger partial charge in [0, 0.05) is 31.9 Å². The fourth-order valence-corrected chi connectivity index (χ4v) is 5.80. The first kappa shape index (κ1) is 26.1. The zero-order valence-electron chi connectivity index (χ0n) is 22.3. The van der Waals surface area contributed by atoms with Gasteiger partial charge < -0.3 is 10.1 Å². The minimum absolute atomic E-state index is 0.0618. The van der Waals surface area contributed by atoms with Gasteiger partial charge in [-0.25, -0.2) is 9.78 Å². The summed E-state index contributed by atoms with van der Waals surface area (Å²) in [6.45, 7) is 2.31. The molecule has 0 unspecified atom stereocenters. The fourth-order valence-electron chi connectivity index (χ4n) is 5.64. The molecule has 1 aliphatic carbocycles. The normalized spacial score (nSPS) is 18.9. The largest absolute Gasteiger partial charge is 0.480 e. The van der Waals surface area contributed by atoms with Crippen molar-refractivity contribution in [1.29, 1.82) is 0 Å². The van der Waals surface area contributed by atoms with Gasteiger partial charge in [0.15, 0.2) is 18.2 Å². The molecule has 1 aromatic carbocycles. The Kier molecular flexibility index (Phi) is 6.79. The van der Waals surface area contributed by atoms with Crippen molar-refractivity contribution in [2.45, 2.75) is 45.2 Å². The van der Waals surface area contributed by atoms with E-state index < -0.39 is 0 Å². The Morgan fingerprint density at radius 1 is 1.07 bits per heavy atom. The molecule has 1 saturated carbocycles. The van der Waals surface area contributed by atoms with Gasteiger partial charge in [0.2, 0.25) is 0 Å². The van der Waals surface area contributed by atoms with Crippen molar-refractivity contribution in [1.82, 2.24) is 24.4 Å². The Labute approximate surface area is 235 Å². The Bertz CT molecular complexity index is 1690. The molecule has 2 aliphatic rings. The molecular weight excluding hydrogens is 532 g/mol. The fraction of sp³-hybridized carbons (Fsp3) is 0.345. The van der Waals surface area contributed by atoms with Crippen molar-refractivity contribution in [3.63, 3.8) is 0 Å². The molecule has 1 N–H and O–H groups in total. The summed E-state index contributed by atoms with van der Waals surface area (Å²) >= 11 is 6.04. The Morgan fingerprint density at radius 3 is 2.60 bits per heavy atom. The predicted molar refractivity (Wildman–Crippen MR) is 151 cm³/mol. The highest BCUT2D eigenvalue weighted by molar-refractivity contribution is 6.30. The van der Waals surface area contributed by atoms with Gasteiger partial charge in [-0.15, -0.1) is 0 Å². The molecule has 0 spiro atoms. The van der Waals surface area contributed by atoms with Crippen molar-refractivity contribution in [2.75, 3.05) is 18.6 Å². The second-order valence-electron chi connectivity index (χ2n) is 10.5. The molecule has 40 heavy (non-hydrogen) atoms. The van der Waals surface area contributed by atoms with Crippen LogP contribution in [0.1, 0.15) is 41.7 Å². The smallest absolute Gasteiger partial charge is 0.333 e. The van der Waals surface area contributed by atoms with E-state index in [0.717, 1.165) is 36.7 Å². The first-order chi connectivity index (χ1) is 19.3.